The highest BCUT2D eigenvalue weighted by atomic mass is 32.2. The third-order valence-electron chi connectivity index (χ3n) is 4.41. The number of carbonyl (C=O) groups is 1. The smallest absolute Gasteiger partial charge is 0.392 e. The van der Waals surface area contributed by atoms with E-state index >= 15 is 0 Å². The number of hydrogen-bond donors (Lipinski definition) is 2. The maximum atomic E-state index is 13.3. The molecule has 0 fully saturated rings. The van der Waals surface area contributed by atoms with E-state index in [0.29, 0.717) is 5.69 Å². The molecule has 0 saturated heterocycles. The molecule has 0 bridgehead atoms. The van der Waals surface area contributed by atoms with E-state index in [4.69, 9.17) is 0 Å². The van der Waals surface area contributed by atoms with E-state index in [2.05, 4.69) is 5.32 Å². The van der Waals surface area contributed by atoms with E-state index in [-0.39, 0.29) is 22.3 Å². The molecule has 0 radical (unpaired) electrons. The van der Waals surface area contributed by atoms with Crippen LogP contribution in [0.5, 0.6) is 0 Å². The molecule has 150 valence electrons. The molecule has 7 heteroatoms. The van der Waals surface area contributed by atoms with Gasteiger partial charge >= 0.3 is 6.18 Å². The van der Waals surface area contributed by atoms with Crippen molar-refractivity contribution in [2.45, 2.75) is 17.7 Å². The van der Waals surface area contributed by atoms with Crippen LogP contribution < -0.4 is 5.32 Å². The molecule has 0 aliphatic heterocycles. The lowest BCUT2D eigenvalue weighted by molar-refractivity contribution is -0.137. The van der Waals surface area contributed by atoms with Gasteiger partial charge in [-0.05, 0) is 65.4 Å². The van der Waals surface area contributed by atoms with Gasteiger partial charge in [-0.15, -0.1) is 11.8 Å². The molecule has 0 aliphatic carbocycles. The summed E-state index contributed by atoms with van der Waals surface area (Å²) < 4.78 is 40.0. The van der Waals surface area contributed by atoms with Gasteiger partial charge in [-0.25, -0.2) is 0 Å². The molecule has 0 spiro atoms. The van der Waals surface area contributed by atoms with E-state index in [9.17, 15) is 23.1 Å². The zero-order valence-electron chi connectivity index (χ0n) is 15.5. The van der Waals surface area contributed by atoms with Crippen molar-refractivity contribution >= 4 is 23.4 Å². The van der Waals surface area contributed by atoms with Crippen LogP contribution in [-0.4, -0.2) is 17.3 Å². The Morgan fingerprint density at radius 1 is 1.00 bits per heavy atom. The van der Waals surface area contributed by atoms with Crippen molar-refractivity contribution in [3.05, 3.63) is 83.4 Å². The van der Waals surface area contributed by atoms with E-state index in [1.54, 1.807) is 23.9 Å². The van der Waals surface area contributed by atoms with Gasteiger partial charge in [0, 0.05) is 16.1 Å². The molecule has 0 atom stereocenters. The topological polar surface area (TPSA) is 49.3 Å². The first kappa shape index (κ1) is 21.0. The Kier molecular flexibility index (Phi) is 6.30. The summed E-state index contributed by atoms with van der Waals surface area (Å²) in [5.41, 5.74) is 0.499. The average Bonchev–Trinajstić information content (AvgIpc) is 2.73. The number of aliphatic hydroxyl groups excluding tert-OH is 1. The highest BCUT2D eigenvalue weighted by Gasteiger charge is 2.33. The van der Waals surface area contributed by atoms with Crippen LogP contribution in [0.3, 0.4) is 0 Å². The SMILES string of the molecule is CSc1ccc(NC(=O)c2ccc(-c3ccccc3C(F)(F)F)c(CO)c2)cc1. The summed E-state index contributed by atoms with van der Waals surface area (Å²) in [4.78, 5) is 13.6. The van der Waals surface area contributed by atoms with Gasteiger partial charge in [0.15, 0.2) is 0 Å². The Balaban J connectivity index is 1.92. The second-order valence-electron chi connectivity index (χ2n) is 6.26. The van der Waals surface area contributed by atoms with E-state index in [0.717, 1.165) is 11.0 Å². The Labute approximate surface area is 170 Å². The number of thioether (sulfide) groups is 1. The number of rotatable bonds is 5. The minimum absolute atomic E-state index is 0.0383. The Bertz CT molecular complexity index is 1020. The predicted octanol–water partition coefficient (Wildman–Crippen LogP) is 5.84. The summed E-state index contributed by atoms with van der Waals surface area (Å²) in [6.45, 7) is -0.495. The van der Waals surface area contributed by atoms with Gasteiger partial charge in [0.2, 0.25) is 0 Å². The van der Waals surface area contributed by atoms with Gasteiger partial charge in [0.05, 0.1) is 12.2 Å². The molecule has 0 saturated carbocycles. The third-order valence-corrected chi connectivity index (χ3v) is 5.15. The van der Waals surface area contributed by atoms with E-state index < -0.39 is 24.3 Å². The number of alkyl halides is 3. The summed E-state index contributed by atoms with van der Waals surface area (Å²) in [5, 5.41) is 12.5. The van der Waals surface area contributed by atoms with Gasteiger partial charge in [-0.3, -0.25) is 4.79 Å². The molecule has 1 amide bonds. The molecule has 2 N–H and O–H groups in total. The fourth-order valence-electron chi connectivity index (χ4n) is 2.97. The molecule has 3 aromatic rings. The van der Waals surface area contributed by atoms with Crippen LogP contribution in [0, 0.1) is 0 Å². The van der Waals surface area contributed by atoms with Crippen molar-refractivity contribution in [1.82, 2.24) is 0 Å². The van der Waals surface area contributed by atoms with Crippen LogP contribution in [-0.2, 0) is 12.8 Å². The first-order chi connectivity index (χ1) is 13.8. The molecule has 0 aliphatic rings. The first-order valence-electron chi connectivity index (χ1n) is 8.69. The maximum Gasteiger partial charge on any atom is 0.417 e. The Morgan fingerprint density at radius 2 is 1.69 bits per heavy atom. The summed E-state index contributed by atoms with van der Waals surface area (Å²) >= 11 is 1.58. The number of hydrogen-bond acceptors (Lipinski definition) is 3. The van der Waals surface area contributed by atoms with Crippen LogP contribution in [0.25, 0.3) is 11.1 Å². The number of benzene rings is 3. The van der Waals surface area contributed by atoms with Crippen LogP contribution in [0.1, 0.15) is 21.5 Å². The summed E-state index contributed by atoms with van der Waals surface area (Å²) in [5.74, 6) is -0.410. The van der Waals surface area contributed by atoms with Crippen LogP contribution in [0.4, 0.5) is 18.9 Å². The van der Waals surface area contributed by atoms with Crippen LogP contribution in [0.15, 0.2) is 71.6 Å². The number of aliphatic hydroxyl groups is 1. The monoisotopic (exact) mass is 417 g/mol. The lowest BCUT2D eigenvalue weighted by atomic mass is 9.93. The van der Waals surface area contributed by atoms with E-state index in [1.165, 1.54) is 36.4 Å². The van der Waals surface area contributed by atoms with Gasteiger partial charge in [-0.1, -0.05) is 24.3 Å². The number of halogens is 3. The van der Waals surface area contributed by atoms with Gasteiger partial charge in [0.25, 0.3) is 5.91 Å². The van der Waals surface area contributed by atoms with Gasteiger partial charge < -0.3 is 10.4 Å². The van der Waals surface area contributed by atoms with E-state index in [1.807, 2.05) is 18.4 Å². The molecule has 29 heavy (non-hydrogen) atoms. The quantitative estimate of drug-likeness (QED) is 0.513. The maximum absolute atomic E-state index is 13.3. The first-order valence-corrected chi connectivity index (χ1v) is 9.91. The molecule has 0 unspecified atom stereocenters. The van der Waals surface area contributed by atoms with Crippen molar-refractivity contribution in [3.63, 3.8) is 0 Å². The molecule has 0 heterocycles. The van der Waals surface area contributed by atoms with Crippen molar-refractivity contribution < 1.29 is 23.1 Å². The number of carbonyl (C=O) groups excluding carboxylic acids is 1. The summed E-state index contributed by atoms with van der Waals surface area (Å²) in [6.07, 6.45) is -2.58. The lowest BCUT2D eigenvalue weighted by Crippen LogP contribution is -2.13. The lowest BCUT2D eigenvalue weighted by Gasteiger charge is -2.16. The number of nitrogens with one attached hydrogen (secondary N) is 1. The Morgan fingerprint density at radius 3 is 2.31 bits per heavy atom. The zero-order chi connectivity index (χ0) is 21.0. The predicted molar refractivity (Wildman–Crippen MR) is 109 cm³/mol. The minimum Gasteiger partial charge on any atom is -0.392 e. The largest absolute Gasteiger partial charge is 0.417 e. The van der Waals surface area contributed by atoms with Crippen molar-refractivity contribution in [1.29, 1.82) is 0 Å². The van der Waals surface area contributed by atoms with Crippen molar-refractivity contribution in [2.75, 3.05) is 11.6 Å². The number of anilines is 1. The Hall–Kier alpha value is -2.77. The molecule has 3 aromatic carbocycles. The van der Waals surface area contributed by atoms with Crippen LogP contribution in [0.2, 0.25) is 0 Å². The van der Waals surface area contributed by atoms with Gasteiger partial charge in [-0.2, -0.15) is 13.2 Å². The fraction of sp³-hybridized carbons (Fsp3) is 0.136. The van der Waals surface area contributed by atoms with Crippen LogP contribution >= 0.6 is 11.8 Å². The molecule has 0 aromatic heterocycles. The molecule has 3 rings (SSSR count). The second-order valence-corrected chi connectivity index (χ2v) is 7.14. The molecule has 3 nitrogen and oxygen atoms in total. The second kappa shape index (κ2) is 8.71. The average molecular weight is 417 g/mol. The summed E-state index contributed by atoms with van der Waals surface area (Å²) in [6, 6.07) is 16.7. The normalized spacial score (nSPS) is 11.3. The van der Waals surface area contributed by atoms with Crippen molar-refractivity contribution in [3.8, 4) is 11.1 Å². The minimum atomic E-state index is -4.53. The molecular formula is C22H18F3NO2S. The fourth-order valence-corrected chi connectivity index (χ4v) is 3.38. The highest BCUT2D eigenvalue weighted by Crippen LogP contribution is 2.38. The highest BCUT2D eigenvalue weighted by molar-refractivity contribution is 7.98. The molecular weight excluding hydrogens is 399 g/mol. The van der Waals surface area contributed by atoms with Gasteiger partial charge in [0.1, 0.15) is 0 Å². The summed E-state index contributed by atoms with van der Waals surface area (Å²) in [7, 11) is 0. The standard InChI is InChI=1S/C22H18F3NO2S/c1-29-17-9-7-16(8-10-17)26-21(28)14-6-11-18(15(12-14)13-27)19-4-2-3-5-20(19)22(23,24)25/h2-12,27H,13H2,1H3,(H,26,28). The third kappa shape index (κ3) is 4.81. The number of amides is 1. The zero-order valence-corrected chi connectivity index (χ0v) is 16.3. The van der Waals surface area contributed by atoms with Crippen molar-refractivity contribution in [2.24, 2.45) is 0 Å².